The number of aliphatic imine (C=N–C) groups is 1. The van der Waals surface area contributed by atoms with Gasteiger partial charge in [-0.3, -0.25) is 4.79 Å². The summed E-state index contributed by atoms with van der Waals surface area (Å²) in [6, 6.07) is 27.0. The molecule has 0 aliphatic carbocycles. The minimum Gasteiger partial charge on any atom is -0.300 e. The first-order valence-corrected chi connectivity index (χ1v) is 11.1. The number of benzene rings is 3. The lowest BCUT2D eigenvalue weighted by molar-refractivity contribution is 0.265. The van der Waals surface area contributed by atoms with Gasteiger partial charge in [0.2, 0.25) is 0 Å². The third-order valence-corrected chi connectivity index (χ3v) is 5.89. The monoisotopic (exact) mass is 456 g/mol. The first-order chi connectivity index (χ1) is 15.7. The van der Waals surface area contributed by atoms with Crippen molar-refractivity contribution >= 4 is 46.2 Å². The number of amidine groups is 1. The molecular formula is C25H17ClN4OS. The van der Waals surface area contributed by atoms with Gasteiger partial charge < -0.3 is 5.32 Å². The molecule has 0 bridgehead atoms. The van der Waals surface area contributed by atoms with E-state index in [0.29, 0.717) is 10.9 Å². The Morgan fingerprint density at radius 2 is 1.62 bits per heavy atom. The number of hydrogen-bond donors (Lipinski definition) is 1. The Labute approximate surface area is 194 Å². The fourth-order valence-electron chi connectivity index (χ4n) is 3.32. The van der Waals surface area contributed by atoms with Gasteiger partial charge in [0.05, 0.1) is 22.0 Å². The van der Waals surface area contributed by atoms with E-state index in [4.69, 9.17) is 16.7 Å². The van der Waals surface area contributed by atoms with E-state index in [-0.39, 0.29) is 5.24 Å². The minimum absolute atomic E-state index is 0.158. The van der Waals surface area contributed by atoms with Crippen LogP contribution in [0.15, 0.2) is 101 Å². The maximum atomic E-state index is 12.2. The summed E-state index contributed by atoms with van der Waals surface area (Å²) in [6.45, 7) is 0. The van der Waals surface area contributed by atoms with Crippen LogP contribution >= 0.6 is 23.4 Å². The van der Waals surface area contributed by atoms with Crippen molar-refractivity contribution in [3.8, 4) is 16.9 Å². The fraction of sp³-hybridized carbons (Fsp3) is 0. The van der Waals surface area contributed by atoms with Crippen molar-refractivity contribution in [1.29, 1.82) is 0 Å². The largest absolute Gasteiger partial charge is 0.300 e. The summed E-state index contributed by atoms with van der Waals surface area (Å²) in [5.41, 5.74) is 4.31. The zero-order chi connectivity index (χ0) is 21.9. The summed E-state index contributed by atoms with van der Waals surface area (Å²) in [4.78, 5) is 17.5. The fourth-order valence-corrected chi connectivity index (χ4v) is 4.18. The van der Waals surface area contributed by atoms with Crippen molar-refractivity contribution in [3.05, 3.63) is 107 Å². The number of nitrogens with zero attached hydrogens (tertiary/aromatic N) is 3. The lowest BCUT2D eigenvalue weighted by atomic mass is 10.1. The number of thioether (sulfide) groups is 1. The molecular weight excluding hydrogens is 440 g/mol. The van der Waals surface area contributed by atoms with Gasteiger partial charge in [-0.15, -0.1) is 0 Å². The standard InChI is InChI=1S/C25H17ClN4OS/c26-19-13-11-17(12-14-19)23-18(16-30(29-23)21-9-5-2-6-10-21)15-22-24(28-25(31)32-22)27-20-7-3-1-4-8-20/h1-16H,(H,27,28,31). The van der Waals surface area contributed by atoms with Gasteiger partial charge in [-0.25, -0.2) is 9.67 Å². The molecule has 4 aromatic rings. The summed E-state index contributed by atoms with van der Waals surface area (Å²) in [5, 5.41) is 8.17. The van der Waals surface area contributed by atoms with Gasteiger partial charge in [-0.1, -0.05) is 60.1 Å². The van der Waals surface area contributed by atoms with Gasteiger partial charge in [0.1, 0.15) is 5.84 Å². The Morgan fingerprint density at radius 1 is 0.938 bits per heavy atom. The quantitative estimate of drug-likeness (QED) is 0.370. The Hall–Kier alpha value is -3.61. The van der Waals surface area contributed by atoms with Crippen LogP contribution < -0.4 is 5.32 Å². The lowest BCUT2D eigenvalue weighted by Gasteiger charge is -2.02. The summed E-state index contributed by atoms with van der Waals surface area (Å²) < 4.78 is 1.83. The second kappa shape index (κ2) is 8.86. The van der Waals surface area contributed by atoms with E-state index < -0.39 is 0 Å². The number of halogens is 1. The average molecular weight is 457 g/mol. The molecule has 5 rings (SSSR count). The first-order valence-electron chi connectivity index (χ1n) is 9.91. The molecule has 1 saturated heterocycles. The first kappa shape index (κ1) is 20.3. The normalized spacial score (nSPS) is 16.0. The number of rotatable bonds is 4. The second-order valence-electron chi connectivity index (χ2n) is 7.04. The molecule has 1 aliphatic rings. The molecule has 32 heavy (non-hydrogen) atoms. The van der Waals surface area contributed by atoms with Crippen molar-refractivity contribution in [1.82, 2.24) is 15.1 Å². The zero-order valence-corrected chi connectivity index (χ0v) is 18.3. The van der Waals surface area contributed by atoms with Gasteiger partial charge in [-0.05, 0) is 54.2 Å². The van der Waals surface area contributed by atoms with Crippen LogP contribution in [0.25, 0.3) is 23.0 Å². The van der Waals surface area contributed by atoms with Gasteiger partial charge in [0.15, 0.2) is 0 Å². The zero-order valence-electron chi connectivity index (χ0n) is 16.8. The molecule has 1 fully saturated rings. The Bertz CT molecular complexity index is 1330. The van der Waals surface area contributed by atoms with Crippen LogP contribution in [-0.2, 0) is 0 Å². The number of carbonyl (C=O) groups excluding carboxylic acids is 1. The van der Waals surface area contributed by atoms with Crippen LogP contribution in [0.5, 0.6) is 0 Å². The number of carbonyl (C=O) groups is 1. The van der Waals surface area contributed by atoms with Gasteiger partial charge in [0, 0.05) is 22.3 Å². The van der Waals surface area contributed by atoms with E-state index in [1.165, 1.54) is 0 Å². The maximum absolute atomic E-state index is 12.2. The topological polar surface area (TPSA) is 59.3 Å². The Balaban J connectivity index is 1.62. The SMILES string of the molecule is O=C1NC(=Nc2ccccc2)C(=Cc2cn(-c3ccccc3)nc2-c2ccc(Cl)cc2)S1. The summed E-state index contributed by atoms with van der Waals surface area (Å²) in [5.74, 6) is 0.528. The van der Waals surface area contributed by atoms with Crippen molar-refractivity contribution in [2.75, 3.05) is 0 Å². The summed E-state index contributed by atoms with van der Waals surface area (Å²) >= 11 is 7.21. The maximum Gasteiger partial charge on any atom is 0.289 e. The number of para-hydroxylation sites is 2. The van der Waals surface area contributed by atoms with Crippen LogP contribution in [-0.4, -0.2) is 20.9 Å². The van der Waals surface area contributed by atoms with E-state index in [1.54, 1.807) is 0 Å². The van der Waals surface area contributed by atoms with Crippen LogP contribution in [0.4, 0.5) is 10.5 Å². The Morgan fingerprint density at radius 3 is 2.34 bits per heavy atom. The Kier molecular flexibility index (Phi) is 5.62. The molecule has 5 nitrogen and oxygen atoms in total. The molecule has 2 heterocycles. The van der Waals surface area contributed by atoms with Crippen molar-refractivity contribution in [2.45, 2.75) is 0 Å². The highest BCUT2D eigenvalue weighted by Crippen LogP contribution is 2.32. The predicted octanol–water partition coefficient (Wildman–Crippen LogP) is 6.72. The van der Waals surface area contributed by atoms with Crippen molar-refractivity contribution in [2.24, 2.45) is 4.99 Å². The third-order valence-electron chi connectivity index (χ3n) is 4.82. The molecule has 1 N–H and O–H groups in total. The number of amides is 1. The summed E-state index contributed by atoms with van der Waals surface area (Å²) in [6.07, 6.45) is 3.90. The molecule has 0 radical (unpaired) electrons. The smallest absolute Gasteiger partial charge is 0.289 e. The van der Waals surface area contributed by atoms with E-state index in [1.807, 2.05) is 102 Å². The second-order valence-corrected chi connectivity index (χ2v) is 8.49. The molecule has 1 aromatic heterocycles. The average Bonchev–Trinajstić information content (AvgIpc) is 3.39. The van der Waals surface area contributed by atoms with E-state index in [2.05, 4.69) is 10.3 Å². The molecule has 156 valence electrons. The molecule has 0 spiro atoms. The number of nitrogens with one attached hydrogen (secondary N) is 1. The predicted molar refractivity (Wildman–Crippen MR) is 132 cm³/mol. The molecule has 1 aliphatic heterocycles. The highest BCUT2D eigenvalue weighted by Gasteiger charge is 2.24. The molecule has 0 saturated carbocycles. The number of hydrogen-bond acceptors (Lipinski definition) is 4. The van der Waals surface area contributed by atoms with Crippen LogP contribution in [0.1, 0.15) is 5.56 Å². The molecule has 0 unspecified atom stereocenters. The van der Waals surface area contributed by atoms with Gasteiger partial charge in [-0.2, -0.15) is 5.10 Å². The highest BCUT2D eigenvalue weighted by molar-refractivity contribution is 8.18. The van der Waals surface area contributed by atoms with Gasteiger partial charge >= 0.3 is 0 Å². The van der Waals surface area contributed by atoms with Crippen LogP contribution in [0.2, 0.25) is 5.02 Å². The van der Waals surface area contributed by atoms with Gasteiger partial charge in [0.25, 0.3) is 5.24 Å². The molecule has 7 heteroatoms. The third kappa shape index (κ3) is 4.37. The van der Waals surface area contributed by atoms with E-state index in [0.717, 1.165) is 44.9 Å². The van der Waals surface area contributed by atoms with E-state index >= 15 is 0 Å². The van der Waals surface area contributed by atoms with E-state index in [9.17, 15) is 4.79 Å². The minimum atomic E-state index is -0.158. The molecule has 1 amide bonds. The highest BCUT2D eigenvalue weighted by atomic mass is 35.5. The van der Waals surface area contributed by atoms with Crippen molar-refractivity contribution in [3.63, 3.8) is 0 Å². The van der Waals surface area contributed by atoms with Crippen LogP contribution in [0, 0.1) is 0 Å². The molecule has 3 aromatic carbocycles. The number of aromatic nitrogens is 2. The molecule has 0 atom stereocenters. The van der Waals surface area contributed by atoms with Crippen LogP contribution in [0.3, 0.4) is 0 Å². The van der Waals surface area contributed by atoms with Crippen molar-refractivity contribution < 1.29 is 4.79 Å². The summed E-state index contributed by atoms with van der Waals surface area (Å²) in [7, 11) is 0. The lowest BCUT2D eigenvalue weighted by Crippen LogP contribution is -2.18.